The van der Waals surface area contributed by atoms with Crippen molar-refractivity contribution in [2.45, 2.75) is 6.04 Å². The van der Waals surface area contributed by atoms with Gasteiger partial charge in [-0.15, -0.1) is 0 Å². The number of hydrogen-bond donors (Lipinski definition) is 1. The van der Waals surface area contributed by atoms with Gasteiger partial charge in [-0.3, -0.25) is 0 Å². The van der Waals surface area contributed by atoms with Crippen LogP contribution in [0.15, 0.2) is 18.3 Å². The molecule has 0 amide bonds. The lowest BCUT2D eigenvalue weighted by atomic mass is 10.2. The van der Waals surface area contributed by atoms with Gasteiger partial charge < -0.3 is 19.5 Å². The summed E-state index contributed by atoms with van der Waals surface area (Å²) in [5, 5.41) is 9.28. The largest absolute Gasteiger partial charge is 0.481 e. The Morgan fingerprint density at radius 3 is 3.31 bits per heavy atom. The molecule has 1 aromatic heterocycles. The lowest BCUT2D eigenvalue weighted by Crippen LogP contribution is -2.47. The molecule has 16 heavy (non-hydrogen) atoms. The predicted octanol–water partition coefficient (Wildman–Crippen LogP) is 0.288. The molecule has 0 aromatic carbocycles. The molecule has 1 aliphatic heterocycles. The van der Waals surface area contributed by atoms with Crippen LogP contribution in [0.2, 0.25) is 0 Å². The number of ether oxygens (including phenoxy) is 2. The summed E-state index contributed by atoms with van der Waals surface area (Å²) in [7, 11) is 1.59. The molecule has 5 nitrogen and oxygen atoms in total. The lowest BCUT2D eigenvalue weighted by Gasteiger charge is -2.36. The van der Waals surface area contributed by atoms with E-state index in [0.717, 1.165) is 12.2 Å². The Kier molecular flexibility index (Phi) is 3.58. The van der Waals surface area contributed by atoms with Gasteiger partial charge in [-0.25, -0.2) is 4.98 Å². The van der Waals surface area contributed by atoms with Gasteiger partial charge in [0.1, 0.15) is 0 Å². The Morgan fingerprint density at radius 1 is 1.69 bits per heavy atom. The first-order valence-electron chi connectivity index (χ1n) is 5.30. The maximum atomic E-state index is 9.28. The smallest absolute Gasteiger partial charge is 0.214 e. The van der Waals surface area contributed by atoms with E-state index < -0.39 is 0 Å². The predicted molar refractivity (Wildman–Crippen MR) is 59.8 cm³/mol. The van der Waals surface area contributed by atoms with Crippen molar-refractivity contribution in [3.05, 3.63) is 18.3 Å². The molecule has 88 valence electrons. The molecule has 0 spiro atoms. The highest BCUT2D eigenvalue weighted by atomic mass is 16.5. The molecule has 2 heterocycles. The Morgan fingerprint density at radius 2 is 2.56 bits per heavy atom. The summed E-state index contributed by atoms with van der Waals surface area (Å²) in [5.74, 6) is 0.584. The van der Waals surface area contributed by atoms with Gasteiger partial charge in [-0.1, -0.05) is 0 Å². The molecule has 5 heteroatoms. The fourth-order valence-electron chi connectivity index (χ4n) is 1.84. The standard InChI is InChI=1S/C11H16N2O3/c1-15-11-6-9(2-3-12-11)13-4-5-16-8-10(13)7-14/h2-3,6,10,14H,4-5,7-8H2,1H3. The van der Waals surface area contributed by atoms with E-state index in [9.17, 15) is 5.11 Å². The zero-order valence-corrected chi connectivity index (χ0v) is 9.30. The molecule has 1 saturated heterocycles. The van der Waals surface area contributed by atoms with Crippen LogP contribution in [0.1, 0.15) is 0 Å². The van der Waals surface area contributed by atoms with Crippen LogP contribution in [0, 0.1) is 0 Å². The Bertz CT molecular complexity index is 346. The number of nitrogens with zero attached hydrogens (tertiary/aromatic N) is 2. The number of morpholine rings is 1. The third-order valence-corrected chi connectivity index (χ3v) is 2.70. The second-order valence-electron chi connectivity index (χ2n) is 3.66. The van der Waals surface area contributed by atoms with Gasteiger partial charge in [-0.2, -0.15) is 0 Å². The van der Waals surface area contributed by atoms with Crippen LogP contribution in [0.3, 0.4) is 0 Å². The first-order chi connectivity index (χ1) is 7.85. The summed E-state index contributed by atoms with van der Waals surface area (Å²) in [6.45, 7) is 2.10. The van der Waals surface area contributed by atoms with Gasteiger partial charge in [0, 0.05) is 24.5 Å². The molecule has 1 unspecified atom stereocenters. The van der Waals surface area contributed by atoms with Crippen LogP contribution in [-0.2, 0) is 4.74 Å². The van der Waals surface area contributed by atoms with E-state index >= 15 is 0 Å². The van der Waals surface area contributed by atoms with Crippen LogP contribution in [0.25, 0.3) is 0 Å². The summed E-state index contributed by atoms with van der Waals surface area (Å²) in [4.78, 5) is 6.18. The number of hydrogen-bond acceptors (Lipinski definition) is 5. The monoisotopic (exact) mass is 224 g/mol. The summed E-state index contributed by atoms with van der Waals surface area (Å²) >= 11 is 0. The third-order valence-electron chi connectivity index (χ3n) is 2.70. The molecule has 2 rings (SSSR count). The van der Waals surface area contributed by atoms with Gasteiger partial charge in [0.25, 0.3) is 0 Å². The molecule has 1 fully saturated rings. The van der Waals surface area contributed by atoms with Crippen molar-refractivity contribution >= 4 is 5.69 Å². The number of aromatic nitrogens is 1. The summed E-state index contributed by atoms with van der Waals surface area (Å²) < 4.78 is 10.4. The van der Waals surface area contributed by atoms with Gasteiger partial charge >= 0.3 is 0 Å². The van der Waals surface area contributed by atoms with Gasteiger partial charge in [0.15, 0.2) is 0 Å². The summed E-state index contributed by atoms with van der Waals surface area (Å²) in [6, 6.07) is 3.80. The number of aliphatic hydroxyl groups is 1. The quantitative estimate of drug-likeness (QED) is 0.799. The highest BCUT2D eigenvalue weighted by Gasteiger charge is 2.22. The topological polar surface area (TPSA) is 54.8 Å². The van der Waals surface area contributed by atoms with Crippen LogP contribution in [0.4, 0.5) is 5.69 Å². The maximum absolute atomic E-state index is 9.28. The second kappa shape index (κ2) is 5.14. The first-order valence-corrected chi connectivity index (χ1v) is 5.30. The number of anilines is 1. The van der Waals surface area contributed by atoms with Crippen molar-refractivity contribution in [2.75, 3.05) is 38.4 Å². The molecule has 1 aliphatic rings. The fraction of sp³-hybridized carbons (Fsp3) is 0.545. The Hall–Kier alpha value is -1.33. The molecule has 1 N–H and O–H groups in total. The summed E-state index contributed by atoms with van der Waals surface area (Å²) in [5.41, 5.74) is 1.01. The molecule has 0 aliphatic carbocycles. The number of rotatable bonds is 3. The van der Waals surface area contributed by atoms with E-state index in [2.05, 4.69) is 9.88 Å². The van der Waals surface area contributed by atoms with E-state index in [1.807, 2.05) is 12.1 Å². The SMILES string of the molecule is COc1cc(N2CCOCC2CO)ccn1. The maximum Gasteiger partial charge on any atom is 0.214 e. The van der Waals surface area contributed by atoms with Crippen LogP contribution in [0.5, 0.6) is 5.88 Å². The van der Waals surface area contributed by atoms with Gasteiger partial charge in [-0.05, 0) is 6.07 Å². The lowest BCUT2D eigenvalue weighted by molar-refractivity contribution is 0.0727. The van der Waals surface area contributed by atoms with Crippen molar-refractivity contribution in [1.82, 2.24) is 4.98 Å². The molecule has 1 atom stereocenters. The van der Waals surface area contributed by atoms with Gasteiger partial charge in [0.05, 0.1) is 33.0 Å². The number of pyridine rings is 1. The minimum atomic E-state index is 0.0147. The molecule has 0 saturated carbocycles. The number of aliphatic hydroxyl groups excluding tert-OH is 1. The normalized spacial score (nSPS) is 20.9. The van der Waals surface area contributed by atoms with Crippen molar-refractivity contribution in [1.29, 1.82) is 0 Å². The molecule has 0 radical (unpaired) electrons. The zero-order valence-electron chi connectivity index (χ0n) is 9.30. The van der Waals surface area contributed by atoms with Crippen molar-refractivity contribution in [3.63, 3.8) is 0 Å². The van der Waals surface area contributed by atoms with Crippen molar-refractivity contribution < 1.29 is 14.6 Å². The van der Waals surface area contributed by atoms with Crippen LogP contribution in [-0.4, -0.2) is 49.6 Å². The fourth-order valence-corrected chi connectivity index (χ4v) is 1.84. The average molecular weight is 224 g/mol. The highest BCUT2D eigenvalue weighted by molar-refractivity contribution is 5.49. The van der Waals surface area contributed by atoms with E-state index in [1.54, 1.807) is 13.3 Å². The van der Waals surface area contributed by atoms with Gasteiger partial charge in [0.2, 0.25) is 5.88 Å². The van der Waals surface area contributed by atoms with E-state index in [4.69, 9.17) is 9.47 Å². The minimum absolute atomic E-state index is 0.0147. The van der Waals surface area contributed by atoms with Crippen LogP contribution >= 0.6 is 0 Å². The first kappa shape index (κ1) is 11.2. The van der Waals surface area contributed by atoms with E-state index in [-0.39, 0.29) is 12.6 Å². The number of methoxy groups -OCH3 is 1. The third kappa shape index (κ3) is 2.25. The molecular formula is C11H16N2O3. The van der Waals surface area contributed by atoms with Crippen LogP contribution < -0.4 is 9.64 Å². The van der Waals surface area contributed by atoms with Crippen molar-refractivity contribution in [3.8, 4) is 5.88 Å². The summed E-state index contributed by atoms with van der Waals surface area (Å²) in [6.07, 6.45) is 1.71. The van der Waals surface area contributed by atoms with Crippen molar-refractivity contribution in [2.24, 2.45) is 0 Å². The minimum Gasteiger partial charge on any atom is -0.481 e. The molecule has 0 bridgehead atoms. The average Bonchev–Trinajstić information content (AvgIpc) is 2.38. The molecular weight excluding hydrogens is 208 g/mol. The van der Waals surface area contributed by atoms with E-state index in [1.165, 1.54) is 0 Å². The second-order valence-corrected chi connectivity index (χ2v) is 3.66. The Labute approximate surface area is 94.6 Å². The Balaban J connectivity index is 2.20. The zero-order chi connectivity index (χ0) is 11.4. The highest BCUT2D eigenvalue weighted by Crippen LogP contribution is 2.22. The molecule has 1 aromatic rings. The van der Waals surface area contributed by atoms with E-state index in [0.29, 0.717) is 19.1 Å².